The number of aromatic nitrogens is 3. The number of carbonyl (C=O) groups excluding carboxylic acids is 1. The highest BCUT2D eigenvalue weighted by Gasteiger charge is 2.42. The summed E-state index contributed by atoms with van der Waals surface area (Å²) in [6, 6.07) is 12.9. The van der Waals surface area contributed by atoms with Crippen LogP contribution in [0.3, 0.4) is 0 Å². The van der Waals surface area contributed by atoms with Crippen LogP contribution < -0.4 is 10.5 Å². The molecule has 0 aliphatic heterocycles. The number of anilines is 1. The molecule has 5 N–H and O–H groups in total. The molecule has 2 aromatic heterocycles. The predicted octanol–water partition coefficient (Wildman–Crippen LogP) is 1.59. The molecular weight excluding hydrogens is 529 g/mol. The van der Waals surface area contributed by atoms with Crippen molar-refractivity contribution >= 4 is 32.8 Å². The molecule has 0 amide bonds. The molecule has 1 saturated carbocycles. The molecular formula is C26H26FN5O6S. The number of aliphatic hydroxyl groups is 2. The number of aliphatic hydroxyl groups excluding tert-OH is 2. The van der Waals surface area contributed by atoms with E-state index in [0.717, 1.165) is 5.52 Å². The summed E-state index contributed by atoms with van der Waals surface area (Å²) in [5, 5.41) is 29.5. The molecule has 4 atom stereocenters. The number of hydrogen-bond acceptors (Lipinski definition) is 9. The van der Waals surface area contributed by atoms with Gasteiger partial charge >= 0.3 is 10.3 Å². The van der Waals surface area contributed by atoms with Gasteiger partial charge in [-0.15, -0.1) is 0 Å². The number of para-hydroxylation sites is 1. The molecule has 1 fully saturated rings. The first-order valence-electron chi connectivity index (χ1n) is 12.1. The Bertz CT molecular complexity index is 1630. The summed E-state index contributed by atoms with van der Waals surface area (Å²) in [5.74, 6) is -1.35. The van der Waals surface area contributed by atoms with Gasteiger partial charge in [0.2, 0.25) is 0 Å². The summed E-state index contributed by atoms with van der Waals surface area (Å²) in [6.07, 6.45) is 1.78. The first-order valence-corrected chi connectivity index (χ1v) is 13.6. The summed E-state index contributed by atoms with van der Waals surface area (Å²) in [6.45, 7) is -0.197. The maximum absolute atomic E-state index is 14.4. The second kappa shape index (κ2) is 10.8. The minimum absolute atomic E-state index is 0.122. The molecule has 0 bridgehead atoms. The molecule has 0 saturated heterocycles. The van der Waals surface area contributed by atoms with Gasteiger partial charge in [-0.3, -0.25) is 8.98 Å². The lowest BCUT2D eigenvalue weighted by molar-refractivity contribution is 0.00778. The quantitative estimate of drug-likeness (QED) is 0.224. The van der Waals surface area contributed by atoms with Gasteiger partial charge in [0.05, 0.1) is 30.9 Å². The zero-order valence-electron chi connectivity index (χ0n) is 20.5. The number of nitrogens with zero attached hydrogens (tertiary/aromatic N) is 3. The van der Waals surface area contributed by atoms with Gasteiger partial charge in [0.15, 0.2) is 5.78 Å². The topological polar surface area (TPSA) is 170 Å². The number of fused-ring (bicyclic) bond motifs is 1. The number of rotatable bonds is 9. The van der Waals surface area contributed by atoms with Crippen LogP contribution in [0.15, 0.2) is 67.3 Å². The molecule has 204 valence electrons. The maximum atomic E-state index is 14.4. The van der Waals surface area contributed by atoms with Gasteiger partial charge in [-0.2, -0.15) is 8.42 Å². The van der Waals surface area contributed by atoms with Gasteiger partial charge in [0, 0.05) is 40.3 Å². The first kappa shape index (κ1) is 26.8. The Labute approximate surface area is 223 Å². The Balaban J connectivity index is 1.43. The molecule has 5 rings (SSSR count). The van der Waals surface area contributed by atoms with Gasteiger partial charge in [0.25, 0.3) is 0 Å². The smallest absolute Gasteiger partial charge is 0.333 e. The Morgan fingerprint density at radius 1 is 1.13 bits per heavy atom. The fourth-order valence-electron chi connectivity index (χ4n) is 4.92. The van der Waals surface area contributed by atoms with E-state index in [0.29, 0.717) is 16.5 Å². The highest BCUT2D eigenvalue weighted by atomic mass is 32.2. The van der Waals surface area contributed by atoms with Crippen molar-refractivity contribution in [1.82, 2.24) is 14.5 Å². The third kappa shape index (κ3) is 5.67. The number of benzene rings is 2. The van der Waals surface area contributed by atoms with Gasteiger partial charge < -0.3 is 20.1 Å². The highest BCUT2D eigenvalue weighted by Crippen LogP contribution is 2.31. The Morgan fingerprint density at radius 3 is 2.64 bits per heavy atom. The second-order valence-electron chi connectivity index (χ2n) is 9.40. The third-order valence-corrected chi connectivity index (χ3v) is 7.32. The van der Waals surface area contributed by atoms with Crippen LogP contribution in [0.5, 0.6) is 0 Å². The lowest BCUT2D eigenvalue weighted by Crippen LogP contribution is -2.36. The van der Waals surface area contributed by atoms with E-state index in [2.05, 4.69) is 19.5 Å². The lowest BCUT2D eigenvalue weighted by atomic mass is 10.0. The van der Waals surface area contributed by atoms with Crippen molar-refractivity contribution in [2.24, 2.45) is 11.1 Å². The van der Waals surface area contributed by atoms with Crippen molar-refractivity contribution in [3.05, 3.63) is 89.8 Å². The average Bonchev–Trinajstić information content (AvgIpc) is 3.41. The van der Waals surface area contributed by atoms with E-state index in [1.807, 2.05) is 12.1 Å². The van der Waals surface area contributed by atoms with Crippen LogP contribution in [0.1, 0.15) is 27.9 Å². The predicted molar refractivity (Wildman–Crippen MR) is 139 cm³/mol. The van der Waals surface area contributed by atoms with E-state index < -0.39 is 46.9 Å². The minimum Gasteiger partial charge on any atom is -0.390 e. The maximum Gasteiger partial charge on any atom is 0.333 e. The summed E-state index contributed by atoms with van der Waals surface area (Å²) in [5.41, 5.74) is 1.68. The van der Waals surface area contributed by atoms with Gasteiger partial charge in [-0.05, 0) is 18.6 Å². The molecule has 11 nitrogen and oxygen atoms in total. The molecule has 2 aromatic carbocycles. The standard InChI is InChI=1S/C26H26FN5O6S/c27-20-7-3-1-5-15(20)11-32-12-19(17-6-2-4-8-22(17)32)24(34)18-10-29-14-30-26(18)31-21-9-16(23(33)25(21)35)13-38-39(28,36)37/h1-8,10,12,14,16,21,23,25,33,35H,9,11,13H2,(H2,28,36,37)(H,29,30,31)/t16-,21-,23-,25+/m1/s1. The minimum atomic E-state index is -4.22. The fraction of sp³-hybridized carbons (Fsp3) is 0.269. The van der Waals surface area contributed by atoms with Crippen molar-refractivity contribution < 1.29 is 32.0 Å². The molecule has 0 radical (unpaired) electrons. The normalized spacial score (nSPS) is 21.3. The molecule has 13 heteroatoms. The van der Waals surface area contributed by atoms with Crippen molar-refractivity contribution in [3.8, 4) is 0 Å². The van der Waals surface area contributed by atoms with Crippen LogP contribution in [-0.4, -0.2) is 63.8 Å². The highest BCUT2D eigenvalue weighted by molar-refractivity contribution is 7.84. The Kier molecular flexibility index (Phi) is 7.42. The van der Waals surface area contributed by atoms with Crippen LogP contribution in [-0.2, 0) is 21.0 Å². The number of ketones is 1. The lowest BCUT2D eigenvalue weighted by Gasteiger charge is -2.19. The van der Waals surface area contributed by atoms with Gasteiger partial charge in [-0.1, -0.05) is 36.4 Å². The van der Waals surface area contributed by atoms with E-state index in [-0.39, 0.29) is 30.2 Å². The largest absolute Gasteiger partial charge is 0.390 e. The van der Waals surface area contributed by atoms with E-state index in [4.69, 9.17) is 5.14 Å². The molecule has 1 aliphatic carbocycles. The van der Waals surface area contributed by atoms with E-state index >= 15 is 0 Å². The van der Waals surface area contributed by atoms with Crippen LogP contribution in [0.25, 0.3) is 10.9 Å². The second-order valence-corrected chi connectivity index (χ2v) is 10.6. The first-order chi connectivity index (χ1) is 18.6. The van der Waals surface area contributed by atoms with Crippen LogP contribution >= 0.6 is 0 Å². The number of nitrogens with two attached hydrogens (primary N) is 1. The molecule has 0 unspecified atom stereocenters. The SMILES string of the molecule is NS(=O)(=O)OC[C@H]1C[C@@H](Nc2ncncc2C(=O)c2cn(Cc3ccccc3F)c3ccccc23)[C@H](O)[C@@H]1O. The molecule has 1 aliphatic rings. The van der Waals surface area contributed by atoms with Crippen LogP contribution in [0.4, 0.5) is 10.2 Å². The van der Waals surface area contributed by atoms with E-state index in [9.17, 15) is 27.8 Å². The van der Waals surface area contributed by atoms with Crippen molar-refractivity contribution in [2.45, 2.75) is 31.2 Å². The average molecular weight is 556 g/mol. The number of nitrogens with one attached hydrogen (secondary N) is 1. The van der Waals surface area contributed by atoms with Crippen molar-refractivity contribution in [3.63, 3.8) is 0 Å². The van der Waals surface area contributed by atoms with Crippen molar-refractivity contribution in [2.75, 3.05) is 11.9 Å². The Hall–Kier alpha value is -3.75. The summed E-state index contributed by atoms with van der Waals surface area (Å²) in [7, 11) is -4.22. The zero-order chi connectivity index (χ0) is 27.7. The van der Waals surface area contributed by atoms with Crippen LogP contribution in [0, 0.1) is 11.7 Å². The monoisotopic (exact) mass is 555 g/mol. The van der Waals surface area contributed by atoms with E-state index in [1.165, 1.54) is 18.6 Å². The molecule has 0 spiro atoms. The molecule has 2 heterocycles. The third-order valence-electron chi connectivity index (χ3n) is 6.86. The zero-order valence-corrected chi connectivity index (χ0v) is 21.3. The van der Waals surface area contributed by atoms with E-state index in [1.54, 1.807) is 41.1 Å². The molecule has 4 aromatic rings. The fourth-order valence-corrected chi connectivity index (χ4v) is 5.28. The number of hydrogen-bond donors (Lipinski definition) is 4. The summed E-state index contributed by atoms with van der Waals surface area (Å²) in [4.78, 5) is 22.0. The van der Waals surface area contributed by atoms with Crippen LogP contribution in [0.2, 0.25) is 0 Å². The van der Waals surface area contributed by atoms with Crippen molar-refractivity contribution in [1.29, 1.82) is 0 Å². The van der Waals surface area contributed by atoms with Gasteiger partial charge in [0.1, 0.15) is 24.1 Å². The Morgan fingerprint density at radius 2 is 1.87 bits per heavy atom. The number of carbonyl (C=O) groups is 1. The number of halogens is 1. The van der Waals surface area contributed by atoms with Gasteiger partial charge in [-0.25, -0.2) is 19.5 Å². The summed E-state index contributed by atoms with van der Waals surface area (Å²) >= 11 is 0. The summed E-state index contributed by atoms with van der Waals surface area (Å²) < 4.78 is 43.0. The molecule has 39 heavy (non-hydrogen) atoms.